The van der Waals surface area contributed by atoms with Gasteiger partial charge >= 0.3 is 6.18 Å². The fraction of sp³-hybridized carbons (Fsp3) is 0.444. The molecule has 1 aromatic heterocycles. The molecule has 1 atom stereocenters. The molecule has 0 spiro atoms. The van der Waals surface area contributed by atoms with Crippen molar-refractivity contribution in [2.45, 2.75) is 39.6 Å². The molecule has 1 aromatic carbocycles. The fourth-order valence-corrected chi connectivity index (χ4v) is 2.52. The van der Waals surface area contributed by atoms with E-state index in [9.17, 15) is 18.0 Å². The summed E-state index contributed by atoms with van der Waals surface area (Å²) < 4.78 is 46.0. The lowest BCUT2D eigenvalue weighted by molar-refractivity contribution is -0.223. The Labute approximate surface area is 150 Å². The predicted molar refractivity (Wildman–Crippen MR) is 90.6 cm³/mol. The lowest BCUT2D eigenvalue weighted by Gasteiger charge is -2.21. The zero-order valence-corrected chi connectivity index (χ0v) is 14.9. The fourth-order valence-electron chi connectivity index (χ4n) is 2.52. The summed E-state index contributed by atoms with van der Waals surface area (Å²) in [6.45, 7) is 5.80. The monoisotopic (exact) mass is 369 g/mol. The molecule has 5 nitrogen and oxygen atoms in total. The van der Waals surface area contributed by atoms with E-state index in [-0.39, 0.29) is 12.1 Å². The Kier molecular flexibility index (Phi) is 6.42. The van der Waals surface area contributed by atoms with Gasteiger partial charge in [0.05, 0.1) is 12.2 Å². The van der Waals surface area contributed by atoms with Gasteiger partial charge in [0, 0.05) is 12.2 Å². The molecule has 0 fully saturated rings. The summed E-state index contributed by atoms with van der Waals surface area (Å²) in [5.41, 5.74) is 2.95. The highest BCUT2D eigenvalue weighted by atomic mass is 19.4. The molecule has 0 bridgehead atoms. The molecule has 0 aliphatic rings. The number of nitrogens with zero attached hydrogens (tertiary/aromatic N) is 2. The van der Waals surface area contributed by atoms with Crippen molar-refractivity contribution in [2.24, 2.45) is 0 Å². The summed E-state index contributed by atoms with van der Waals surface area (Å²) in [7, 11) is 0. The molecule has 26 heavy (non-hydrogen) atoms. The number of alkyl halides is 3. The second-order valence-electron chi connectivity index (χ2n) is 6.01. The van der Waals surface area contributed by atoms with Crippen LogP contribution in [0.5, 0.6) is 0 Å². The second kappa shape index (κ2) is 8.35. The number of nitrogens with one attached hydrogen (secondary N) is 1. The summed E-state index contributed by atoms with van der Waals surface area (Å²) in [6, 6.07) is 7.24. The maximum absolute atomic E-state index is 13.1. The first-order valence-corrected chi connectivity index (χ1v) is 8.20. The summed E-state index contributed by atoms with van der Waals surface area (Å²) in [4.78, 5) is 11.8. The molecule has 8 heteroatoms. The van der Waals surface area contributed by atoms with Crippen LogP contribution in [0.1, 0.15) is 28.6 Å². The molecule has 1 amide bonds. The minimum Gasteiger partial charge on any atom is -0.354 e. The van der Waals surface area contributed by atoms with Crippen molar-refractivity contribution in [1.82, 2.24) is 15.1 Å². The van der Waals surface area contributed by atoms with E-state index in [4.69, 9.17) is 4.74 Å². The van der Waals surface area contributed by atoms with E-state index in [0.29, 0.717) is 6.54 Å². The van der Waals surface area contributed by atoms with Gasteiger partial charge in [0.15, 0.2) is 6.10 Å². The number of aryl methyl sites for hydroxylation is 1. The number of carbonyl (C=O) groups excluding carboxylic acids is 1. The van der Waals surface area contributed by atoms with Crippen LogP contribution >= 0.6 is 0 Å². The molecule has 2 rings (SSSR count). The molecule has 0 radical (unpaired) electrons. The quantitative estimate of drug-likeness (QED) is 0.815. The van der Waals surface area contributed by atoms with Crippen molar-refractivity contribution in [2.75, 3.05) is 13.2 Å². The minimum absolute atomic E-state index is 0.0362. The Morgan fingerprint density at radius 1 is 1.23 bits per heavy atom. The van der Waals surface area contributed by atoms with Gasteiger partial charge < -0.3 is 10.1 Å². The number of hydrogen-bond donors (Lipinski definition) is 1. The number of halogens is 3. The summed E-state index contributed by atoms with van der Waals surface area (Å²) in [6.07, 6.45) is -6.73. The van der Waals surface area contributed by atoms with E-state index >= 15 is 0 Å². The van der Waals surface area contributed by atoms with Crippen LogP contribution in [0.2, 0.25) is 0 Å². The van der Waals surface area contributed by atoms with Gasteiger partial charge in [0.25, 0.3) is 0 Å². The van der Waals surface area contributed by atoms with Crippen molar-refractivity contribution in [1.29, 1.82) is 0 Å². The van der Waals surface area contributed by atoms with Crippen LogP contribution in [0, 0.1) is 20.8 Å². The largest absolute Gasteiger partial charge is 0.418 e. The van der Waals surface area contributed by atoms with Crippen LogP contribution in [0.15, 0.2) is 30.3 Å². The van der Waals surface area contributed by atoms with Crippen LogP contribution in [-0.2, 0) is 16.1 Å². The average molecular weight is 369 g/mol. The Balaban J connectivity index is 1.85. The highest BCUT2D eigenvalue weighted by molar-refractivity contribution is 5.77. The first-order chi connectivity index (χ1) is 12.2. The van der Waals surface area contributed by atoms with E-state index < -0.39 is 24.8 Å². The van der Waals surface area contributed by atoms with Gasteiger partial charge in [0.2, 0.25) is 5.91 Å². The Morgan fingerprint density at radius 3 is 2.42 bits per heavy atom. The van der Waals surface area contributed by atoms with Gasteiger partial charge in [-0.15, -0.1) is 0 Å². The summed E-state index contributed by atoms with van der Waals surface area (Å²) in [5, 5.41) is 6.89. The highest BCUT2D eigenvalue weighted by Gasteiger charge is 2.42. The number of benzene rings is 1. The zero-order valence-electron chi connectivity index (χ0n) is 14.9. The third-order valence-electron chi connectivity index (χ3n) is 4.17. The molecule has 1 heterocycles. The standard InChI is InChI=1S/C18H22F3N3O2/c1-12-13(2)23-24(14(12)3)10-9-22-16(25)11-26-17(18(19,20)21)15-7-5-4-6-8-15/h4-8,17H,9-11H2,1-3H3,(H,22,25)/t17-/m0/s1. The number of hydrogen-bond acceptors (Lipinski definition) is 3. The van der Waals surface area contributed by atoms with Gasteiger partial charge in [-0.25, -0.2) is 0 Å². The van der Waals surface area contributed by atoms with Crippen molar-refractivity contribution >= 4 is 5.91 Å². The predicted octanol–water partition coefficient (Wildman–Crippen LogP) is 3.24. The molecular formula is C18H22F3N3O2. The number of carbonyl (C=O) groups is 1. The highest BCUT2D eigenvalue weighted by Crippen LogP contribution is 2.35. The molecule has 142 valence electrons. The van der Waals surface area contributed by atoms with Gasteiger partial charge in [-0.1, -0.05) is 30.3 Å². The third kappa shape index (κ3) is 5.08. The first-order valence-electron chi connectivity index (χ1n) is 8.20. The Bertz CT molecular complexity index is 742. The zero-order chi connectivity index (χ0) is 19.3. The Morgan fingerprint density at radius 2 is 1.88 bits per heavy atom. The van der Waals surface area contributed by atoms with Crippen LogP contribution in [-0.4, -0.2) is 35.0 Å². The number of amides is 1. The first kappa shape index (κ1) is 20.0. The van der Waals surface area contributed by atoms with Crippen molar-refractivity contribution in [3.05, 3.63) is 52.8 Å². The van der Waals surface area contributed by atoms with Crippen LogP contribution < -0.4 is 5.32 Å². The van der Waals surface area contributed by atoms with Crippen LogP contribution in [0.3, 0.4) is 0 Å². The molecule has 0 aliphatic carbocycles. The average Bonchev–Trinajstić information content (AvgIpc) is 2.82. The summed E-state index contributed by atoms with van der Waals surface area (Å²) >= 11 is 0. The van der Waals surface area contributed by atoms with E-state index in [1.807, 2.05) is 20.8 Å². The second-order valence-corrected chi connectivity index (χ2v) is 6.01. The van der Waals surface area contributed by atoms with E-state index in [0.717, 1.165) is 17.0 Å². The number of ether oxygens (including phenoxy) is 1. The third-order valence-corrected chi connectivity index (χ3v) is 4.17. The van der Waals surface area contributed by atoms with Crippen molar-refractivity contribution in [3.8, 4) is 0 Å². The maximum atomic E-state index is 13.1. The summed E-state index contributed by atoms with van der Waals surface area (Å²) in [5.74, 6) is -0.603. The van der Waals surface area contributed by atoms with Crippen LogP contribution in [0.25, 0.3) is 0 Å². The molecule has 2 aromatic rings. The SMILES string of the molecule is Cc1nn(CCNC(=O)CO[C@@H](c2ccccc2)C(F)(F)F)c(C)c1C. The van der Waals surface area contributed by atoms with Crippen molar-refractivity contribution in [3.63, 3.8) is 0 Å². The molecule has 0 unspecified atom stereocenters. The van der Waals surface area contributed by atoms with Crippen LogP contribution in [0.4, 0.5) is 13.2 Å². The van der Waals surface area contributed by atoms with E-state index in [1.165, 1.54) is 24.3 Å². The van der Waals surface area contributed by atoms with E-state index in [1.54, 1.807) is 10.7 Å². The van der Waals surface area contributed by atoms with Gasteiger partial charge in [-0.2, -0.15) is 18.3 Å². The molecule has 0 aliphatic heterocycles. The van der Waals surface area contributed by atoms with Gasteiger partial charge in [-0.05, 0) is 31.9 Å². The molecule has 1 N–H and O–H groups in total. The van der Waals surface area contributed by atoms with E-state index in [2.05, 4.69) is 10.4 Å². The molecule has 0 saturated carbocycles. The lowest BCUT2D eigenvalue weighted by atomic mass is 10.1. The van der Waals surface area contributed by atoms with Gasteiger partial charge in [0.1, 0.15) is 6.61 Å². The van der Waals surface area contributed by atoms with Gasteiger partial charge in [-0.3, -0.25) is 9.48 Å². The molecular weight excluding hydrogens is 347 g/mol. The topological polar surface area (TPSA) is 56.2 Å². The maximum Gasteiger partial charge on any atom is 0.418 e. The number of rotatable bonds is 7. The normalized spacial score (nSPS) is 12.8. The minimum atomic E-state index is -4.59. The lowest BCUT2D eigenvalue weighted by Crippen LogP contribution is -2.33. The smallest absolute Gasteiger partial charge is 0.354 e. The Hall–Kier alpha value is -2.35. The molecule has 0 saturated heterocycles. The van der Waals surface area contributed by atoms with Crippen molar-refractivity contribution < 1.29 is 22.7 Å². The number of aromatic nitrogens is 2.